The van der Waals surface area contributed by atoms with Crippen LogP contribution in [0.15, 0.2) is 4.99 Å². The molecule has 0 atom stereocenters. The standard InChI is InChI=1S/C15H28N4OS/c1-11(2)10-20-8-6-7-17-15(16-5)18-9-14-19-12(3)13(4)21-14/h11H,6-10H2,1-5H3,(H2,16,17,18). The van der Waals surface area contributed by atoms with Crippen LogP contribution in [0, 0.1) is 19.8 Å². The molecule has 1 heterocycles. The summed E-state index contributed by atoms with van der Waals surface area (Å²) in [6.45, 7) is 11.6. The minimum atomic E-state index is 0.595. The second-order valence-electron chi connectivity index (χ2n) is 5.42. The summed E-state index contributed by atoms with van der Waals surface area (Å²) in [5.41, 5.74) is 1.11. The van der Waals surface area contributed by atoms with Gasteiger partial charge in [-0.05, 0) is 26.2 Å². The van der Waals surface area contributed by atoms with Crippen molar-refractivity contribution < 1.29 is 4.74 Å². The van der Waals surface area contributed by atoms with Crippen LogP contribution in [0.1, 0.15) is 35.8 Å². The molecule has 0 aliphatic carbocycles. The summed E-state index contributed by atoms with van der Waals surface area (Å²) < 4.78 is 5.55. The monoisotopic (exact) mass is 312 g/mol. The third-order valence-electron chi connectivity index (χ3n) is 2.91. The first-order valence-electron chi connectivity index (χ1n) is 7.48. The van der Waals surface area contributed by atoms with E-state index >= 15 is 0 Å². The molecular weight excluding hydrogens is 284 g/mol. The molecule has 120 valence electrons. The molecule has 0 bridgehead atoms. The maximum Gasteiger partial charge on any atom is 0.191 e. The van der Waals surface area contributed by atoms with Gasteiger partial charge in [0, 0.05) is 31.7 Å². The predicted molar refractivity (Wildman–Crippen MR) is 90.1 cm³/mol. The Bertz CT molecular complexity index is 423. The van der Waals surface area contributed by atoms with Gasteiger partial charge in [-0.1, -0.05) is 13.8 Å². The number of thiazole rings is 1. The van der Waals surface area contributed by atoms with Crippen molar-refractivity contribution in [2.24, 2.45) is 10.9 Å². The van der Waals surface area contributed by atoms with Crippen LogP contribution in [-0.2, 0) is 11.3 Å². The Morgan fingerprint density at radius 3 is 2.67 bits per heavy atom. The van der Waals surface area contributed by atoms with Gasteiger partial charge in [-0.15, -0.1) is 11.3 Å². The lowest BCUT2D eigenvalue weighted by molar-refractivity contribution is 0.108. The minimum Gasteiger partial charge on any atom is -0.381 e. The van der Waals surface area contributed by atoms with Gasteiger partial charge in [-0.2, -0.15) is 0 Å². The first kappa shape index (κ1) is 17.9. The number of nitrogens with zero attached hydrogens (tertiary/aromatic N) is 2. The van der Waals surface area contributed by atoms with Gasteiger partial charge in [0.25, 0.3) is 0 Å². The van der Waals surface area contributed by atoms with E-state index in [1.807, 2.05) is 6.92 Å². The van der Waals surface area contributed by atoms with Crippen molar-refractivity contribution in [3.63, 3.8) is 0 Å². The third kappa shape index (κ3) is 7.43. The summed E-state index contributed by atoms with van der Waals surface area (Å²) in [5, 5.41) is 7.66. The molecule has 0 unspecified atom stereocenters. The normalized spacial score (nSPS) is 12.0. The van der Waals surface area contributed by atoms with Crippen LogP contribution >= 0.6 is 11.3 Å². The summed E-state index contributed by atoms with van der Waals surface area (Å²) in [4.78, 5) is 9.99. The number of aryl methyl sites for hydroxylation is 2. The summed E-state index contributed by atoms with van der Waals surface area (Å²) in [7, 11) is 1.78. The highest BCUT2D eigenvalue weighted by Crippen LogP contribution is 2.15. The van der Waals surface area contributed by atoms with Gasteiger partial charge in [0.2, 0.25) is 0 Å². The zero-order valence-electron chi connectivity index (χ0n) is 13.8. The number of rotatable bonds is 8. The lowest BCUT2D eigenvalue weighted by Crippen LogP contribution is -2.37. The molecule has 6 heteroatoms. The number of hydrogen-bond donors (Lipinski definition) is 2. The molecule has 0 saturated heterocycles. The highest BCUT2D eigenvalue weighted by molar-refractivity contribution is 7.11. The number of ether oxygens (including phenoxy) is 1. The van der Waals surface area contributed by atoms with Gasteiger partial charge in [-0.25, -0.2) is 4.98 Å². The number of guanidine groups is 1. The Kier molecular flexibility index (Phi) is 8.30. The maximum atomic E-state index is 5.55. The van der Waals surface area contributed by atoms with Gasteiger partial charge in [0.05, 0.1) is 12.2 Å². The van der Waals surface area contributed by atoms with Crippen LogP contribution in [0.25, 0.3) is 0 Å². The maximum absolute atomic E-state index is 5.55. The van der Waals surface area contributed by atoms with Crippen molar-refractivity contribution in [1.29, 1.82) is 0 Å². The number of aromatic nitrogens is 1. The Hall–Kier alpha value is -1.14. The molecule has 5 nitrogen and oxygen atoms in total. The van der Waals surface area contributed by atoms with E-state index in [9.17, 15) is 0 Å². The lowest BCUT2D eigenvalue weighted by atomic mass is 10.2. The fourth-order valence-electron chi connectivity index (χ4n) is 1.69. The van der Waals surface area contributed by atoms with Crippen LogP contribution in [0.2, 0.25) is 0 Å². The summed E-state index contributed by atoms with van der Waals surface area (Å²) in [5.74, 6) is 1.40. The number of hydrogen-bond acceptors (Lipinski definition) is 4. The summed E-state index contributed by atoms with van der Waals surface area (Å²) in [6, 6.07) is 0. The molecular formula is C15H28N4OS. The summed E-state index contributed by atoms with van der Waals surface area (Å²) >= 11 is 1.73. The van der Waals surface area contributed by atoms with Crippen molar-refractivity contribution in [3.05, 3.63) is 15.6 Å². The number of aliphatic imine (C=N–C) groups is 1. The van der Waals surface area contributed by atoms with Crippen LogP contribution < -0.4 is 10.6 Å². The van der Waals surface area contributed by atoms with E-state index in [1.165, 1.54) is 4.88 Å². The molecule has 0 radical (unpaired) electrons. The highest BCUT2D eigenvalue weighted by atomic mass is 32.1. The SMILES string of the molecule is CN=C(NCCCOCC(C)C)NCc1nc(C)c(C)s1. The van der Waals surface area contributed by atoms with Crippen LogP contribution in [0.5, 0.6) is 0 Å². The average Bonchev–Trinajstić information content (AvgIpc) is 2.76. The molecule has 1 rings (SSSR count). The molecule has 1 aromatic rings. The topological polar surface area (TPSA) is 58.5 Å². The molecule has 21 heavy (non-hydrogen) atoms. The molecule has 0 aromatic carbocycles. The van der Waals surface area contributed by atoms with Crippen molar-refractivity contribution in [2.75, 3.05) is 26.8 Å². The molecule has 0 spiro atoms. The van der Waals surface area contributed by atoms with Gasteiger partial charge in [0.15, 0.2) is 5.96 Å². The Morgan fingerprint density at radius 2 is 2.10 bits per heavy atom. The van der Waals surface area contributed by atoms with Crippen LogP contribution in [0.3, 0.4) is 0 Å². The van der Waals surface area contributed by atoms with Gasteiger partial charge in [0.1, 0.15) is 5.01 Å². The van der Waals surface area contributed by atoms with Crippen molar-refractivity contribution in [1.82, 2.24) is 15.6 Å². The Labute approximate surface area is 132 Å². The fraction of sp³-hybridized carbons (Fsp3) is 0.733. The lowest BCUT2D eigenvalue weighted by Gasteiger charge is -2.11. The third-order valence-corrected chi connectivity index (χ3v) is 3.99. The smallest absolute Gasteiger partial charge is 0.191 e. The second kappa shape index (κ2) is 9.73. The predicted octanol–water partition coefficient (Wildman–Crippen LogP) is 2.49. The van der Waals surface area contributed by atoms with E-state index in [2.05, 4.69) is 41.4 Å². The van der Waals surface area contributed by atoms with E-state index in [4.69, 9.17) is 4.74 Å². The molecule has 0 saturated carbocycles. The number of nitrogens with one attached hydrogen (secondary N) is 2. The van der Waals surface area contributed by atoms with Crippen molar-refractivity contribution in [2.45, 2.75) is 40.7 Å². The summed E-state index contributed by atoms with van der Waals surface area (Å²) in [6.07, 6.45) is 0.975. The minimum absolute atomic E-state index is 0.595. The van der Waals surface area contributed by atoms with E-state index in [1.54, 1.807) is 18.4 Å². The van der Waals surface area contributed by atoms with E-state index in [0.29, 0.717) is 12.5 Å². The quantitative estimate of drug-likeness (QED) is 0.440. The largest absolute Gasteiger partial charge is 0.381 e. The van der Waals surface area contributed by atoms with Gasteiger partial charge in [-0.3, -0.25) is 4.99 Å². The van der Waals surface area contributed by atoms with Crippen molar-refractivity contribution >= 4 is 17.3 Å². The molecule has 0 aliphatic rings. The van der Waals surface area contributed by atoms with Crippen LogP contribution in [0.4, 0.5) is 0 Å². The first-order chi connectivity index (χ1) is 10.0. The van der Waals surface area contributed by atoms with Gasteiger partial charge >= 0.3 is 0 Å². The average molecular weight is 312 g/mol. The van der Waals surface area contributed by atoms with E-state index < -0.39 is 0 Å². The molecule has 0 aliphatic heterocycles. The molecule has 2 N–H and O–H groups in total. The Morgan fingerprint density at radius 1 is 1.33 bits per heavy atom. The molecule has 0 fully saturated rings. The zero-order valence-corrected chi connectivity index (χ0v) is 14.6. The van der Waals surface area contributed by atoms with E-state index in [0.717, 1.165) is 42.8 Å². The van der Waals surface area contributed by atoms with Gasteiger partial charge < -0.3 is 15.4 Å². The zero-order chi connectivity index (χ0) is 15.7. The fourth-order valence-corrected chi connectivity index (χ4v) is 2.57. The van der Waals surface area contributed by atoms with Crippen molar-refractivity contribution in [3.8, 4) is 0 Å². The first-order valence-corrected chi connectivity index (χ1v) is 8.29. The highest BCUT2D eigenvalue weighted by Gasteiger charge is 2.04. The van der Waals surface area contributed by atoms with E-state index in [-0.39, 0.29) is 0 Å². The van der Waals surface area contributed by atoms with Crippen LogP contribution in [-0.4, -0.2) is 37.7 Å². The molecule has 0 amide bonds. The second-order valence-corrected chi connectivity index (χ2v) is 6.71. The Balaban J connectivity index is 2.17. The molecule has 1 aromatic heterocycles.